The van der Waals surface area contributed by atoms with Gasteiger partial charge in [0.1, 0.15) is 12.0 Å². The van der Waals surface area contributed by atoms with Crippen LogP contribution in [0.15, 0.2) is 83.8 Å². The number of ether oxygens (including phenoxy) is 1. The van der Waals surface area contributed by atoms with Gasteiger partial charge in [-0.25, -0.2) is 4.79 Å². The lowest BCUT2D eigenvalue weighted by atomic mass is 9.88. The summed E-state index contributed by atoms with van der Waals surface area (Å²) in [6.07, 6.45) is 2.40. The van der Waals surface area contributed by atoms with Crippen molar-refractivity contribution in [2.75, 3.05) is 46.6 Å². The minimum absolute atomic E-state index is 0.0608. The molecule has 1 heterocycles. The molecule has 1 aliphatic rings. The number of hydrogen-bond donors (Lipinski definition) is 4. The number of halogens is 2. The summed E-state index contributed by atoms with van der Waals surface area (Å²) in [7, 11) is 3.46. The van der Waals surface area contributed by atoms with E-state index >= 15 is 0 Å². The van der Waals surface area contributed by atoms with E-state index < -0.39 is 47.5 Å². The lowest BCUT2D eigenvalue weighted by Gasteiger charge is -2.34. The van der Waals surface area contributed by atoms with Crippen molar-refractivity contribution in [2.24, 2.45) is 0 Å². The zero-order valence-corrected chi connectivity index (χ0v) is 33.6. The Morgan fingerprint density at radius 1 is 0.929 bits per heavy atom. The van der Waals surface area contributed by atoms with Crippen LogP contribution in [-0.4, -0.2) is 111 Å². The van der Waals surface area contributed by atoms with E-state index in [1.54, 1.807) is 18.3 Å². The van der Waals surface area contributed by atoms with Gasteiger partial charge < -0.3 is 39.5 Å². The Morgan fingerprint density at radius 2 is 1.55 bits per heavy atom. The number of methoxy groups -OCH3 is 1. The number of nitrogens with zero attached hydrogens (tertiary/aromatic N) is 2. The zero-order chi connectivity index (χ0) is 41.2. The van der Waals surface area contributed by atoms with Gasteiger partial charge in [0.2, 0.25) is 0 Å². The summed E-state index contributed by atoms with van der Waals surface area (Å²) in [5, 5.41) is 36.7. The molecule has 2 atom stereocenters. The van der Waals surface area contributed by atoms with Gasteiger partial charge in [-0.1, -0.05) is 77.8 Å². The van der Waals surface area contributed by atoms with E-state index in [-0.39, 0.29) is 11.8 Å². The molecule has 4 aromatic carbocycles. The standard InChI is InChI=1S/C35H38Cl2N2O3S.C6H8O7/c1-38(35(40)34-29-10-5-4-8-24(29)13-15-32(34)42-2)23-27(26-12-14-30(36)31(37)22-26)18-21-39-19-16-25(17-20-39)28-9-6-7-11-33(28)43(3)41;7-3(8)1-6(13,5(11)12)2-4(9)10/h4-15,22,25,27H,16-21,23H2,1-3H3;13H,1-2H2,(H,7,8)(H,9,10)(H,11,12)/t27?,43-;/m0./s1. The number of likely N-dealkylation sites (N-methyl/N-ethyl adjacent to an activating group) is 1. The number of aliphatic hydroxyl groups is 1. The molecular weight excluding hydrogens is 783 g/mol. The van der Waals surface area contributed by atoms with Crippen molar-refractivity contribution < 1.29 is 48.9 Å². The third-order valence-corrected chi connectivity index (χ3v) is 11.6. The van der Waals surface area contributed by atoms with Crippen molar-refractivity contribution in [3.63, 3.8) is 0 Å². The third-order valence-electron chi connectivity index (χ3n) is 9.92. The highest BCUT2D eigenvalue weighted by Crippen LogP contribution is 2.35. The van der Waals surface area contributed by atoms with Crippen LogP contribution in [0.2, 0.25) is 10.0 Å². The molecule has 4 aromatic rings. The summed E-state index contributed by atoms with van der Waals surface area (Å²) in [4.78, 5) is 49.7. The van der Waals surface area contributed by atoms with Crippen molar-refractivity contribution in [1.82, 2.24) is 9.80 Å². The number of carbonyl (C=O) groups is 4. The highest BCUT2D eigenvalue weighted by atomic mass is 35.5. The van der Waals surface area contributed by atoms with E-state index in [9.17, 15) is 23.7 Å². The molecule has 15 heteroatoms. The Labute approximate surface area is 338 Å². The number of piperidine rings is 1. The van der Waals surface area contributed by atoms with E-state index in [0.717, 1.165) is 60.1 Å². The van der Waals surface area contributed by atoms with Gasteiger partial charge in [-0.2, -0.15) is 0 Å². The molecule has 56 heavy (non-hydrogen) atoms. The maximum Gasteiger partial charge on any atom is 0.336 e. The predicted molar refractivity (Wildman–Crippen MR) is 216 cm³/mol. The number of carbonyl (C=O) groups excluding carboxylic acids is 1. The highest BCUT2D eigenvalue weighted by Gasteiger charge is 2.40. The predicted octanol–water partition coefficient (Wildman–Crippen LogP) is 6.77. The minimum Gasteiger partial charge on any atom is -0.612 e. The first-order valence-electron chi connectivity index (χ1n) is 17.8. The van der Waals surface area contributed by atoms with Gasteiger partial charge in [0.15, 0.2) is 10.5 Å². The van der Waals surface area contributed by atoms with E-state index in [1.165, 1.54) is 5.56 Å². The number of aliphatic carboxylic acids is 3. The van der Waals surface area contributed by atoms with E-state index in [4.69, 9.17) is 48.4 Å². The molecule has 0 aliphatic carbocycles. The second-order valence-corrected chi connectivity index (χ2v) is 16.0. The topological polar surface area (TPSA) is 188 Å². The second kappa shape index (κ2) is 20.2. The number of benzene rings is 4. The van der Waals surface area contributed by atoms with Crippen LogP contribution in [0.1, 0.15) is 65.4 Å². The van der Waals surface area contributed by atoms with Crippen LogP contribution in [0, 0.1) is 0 Å². The number of fused-ring (bicyclic) bond motifs is 1. The molecule has 0 saturated carbocycles. The molecule has 0 aromatic heterocycles. The van der Waals surface area contributed by atoms with Crippen molar-refractivity contribution in [2.45, 2.75) is 54.4 Å². The summed E-state index contributed by atoms with van der Waals surface area (Å²) in [5.74, 6) is -4.05. The summed E-state index contributed by atoms with van der Waals surface area (Å²) in [6, 6.07) is 25.7. The zero-order valence-electron chi connectivity index (χ0n) is 31.3. The second-order valence-electron chi connectivity index (χ2n) is 13.8. The number of likely N-dealkylation sites (tertiary alicyclic amines) is 1. The minimum atomic E-state index is -2.74. The van der Waals surface area contributed by atoms with Crippen molar-refractivity contribution >= 4 is 69.0 Å². The van der Waals surface area contributed by atoms with E-state index in [0.29, 0.717) is 33.8 Å². The fourth-order valence-electron chi connectivity index (χ4n) is 6.98. The number of rotatable bonds is 15. The summed E-state index contributed by atoms with van der Waals surface area (Å²) in [5.41, 5.74) is 0.123. The highest BCUT2D eigenvalue weighted by molar-refractivity contribution is 7.90. The van der Waals surface area contributed by atoms with Crippen LogP contribution in [0.3, 0.4) is 0 Å². The van der Waals surface area contributed by atoms with Gasteiger partial charge >= 0.3 is 17.9 Å². The summed E-state index contributed by atoms with van der Waals surface area (Å²) >= 11 is 11.7. The van der Waals surface area contributed by atoms with Crippen molar-refractivity contribution in [1.29, 1.82) is 0 Å². The quantitative estimate of drug-likeness (QED) is 0.0927. The monoisotopic (exact) mass is 828 g/mol. The van der Waals surface area contributed by atoms with Gasteiger partial charge in [0, 0.05) is 25.1 Å². The van der Waals surface area contributed by atoms with Crippen LogP contribution in [0.25, 0.3) is 10.8 Å². The number of hydrogen-bond acceptors (Lipinski definition) is 8. The van der Waals surface area contributed by atoms with Crippen LogP contribution >= 0.6 is 23.2 Å². The first kappa shape index (κ1) is 44.3. The Bertz CT molecular complexity index is 2010. The van der Waals surface area contributed by atoms with Crippen molar-refractivity contribution in [3.8, 4) is 5.75 Å². The fraction of sp³-hybridized carbons (Fsp3) is 0.366. The normalized spacial score (nSPS) is 14.6. The summed E-state index contributed by atoms with van der Waals surface area (Å²) < 4.78 is 17.9. The number of amides is 1. The van der Waals surface area contributed by atoms with Gasteiger partial charge in [0.05, 0.1) is 35.6 Å². The molecular formula is C41H46Cl2N2O10S. The smallest absolute Gasteiger partial charge is 0.336 e. The average molecular weight is 830 g/mol. The summed E-state index contributed by atoms with van der Waals surface area (Å²) in [6.45, 7) is 3.38. The molecule has 300 valence electrons. The SMILES string of the molecule is COc1ccc2ccccc2c1C(=O)N(C)CC(CCN1CCC(c2ccccc2[S@+](C)[O-])CC1)c1ccc(Cl)c(Cl)c1.O=C(O)CC(O)(CC(=O)O)C(=O)O. The van der Waals surface area contributed by atoms with Crippen LogP contribution in [0.4, 0.5) is 0 Å². The van der Waals surface area contributed by atoms with E-state index in [2.05, 4.69) is 11.0 Å². The van der Waals surface area contributed by atoms with Gasteiger partial charge in [-0.15, -0.1) is 0 Å². The Hall–Kier alpha value is -4.37. The van der Waals surface area contributed by atoms with Gasteiger partial charge in [-0.3, -0.25) is 14.4 Å². The maximum absolute atomic E-state index is 13.9. The molecule has 0 radical (unpaired) electrons. The largest absolute Gasteiger partial charge is 0.612 e. The molecule has 12 nitrogen and oxygen atoms in total. The molecule has 1 amide bonds. The number of carboxylic acids is 3. The Balaban J connectivity index is 0.000000460. The average Bonchev–Trinajstić information content (AvgIpc) is 3.16. The van der Waals surface area contributed by atoms with Crippen LogP contribution in [0.5, 0.6) is 5.75 Å². The molecule has 1 unspecified atom stereocenters. The van der Waals surface area contributed by atoms with Crippen LogP contribution < -0.4 is 4.74 Å². The molecule has 1 fully saturated rings. The molecule has 1 saturated heterocycles. The van der Waals surface area contributed by atoms with Gasteiger partial charge in [-0.05, 0) is 96.6 Å². The lowest BCUT2D eigenvalue weighted by molar-refractivity contribution is -0.170. The maximum atomic E-state index is 13.9. The molecule has 0 spiro atoms. The molecule has 0 bridgehead atoms. The van der Waals surface area contributed by atoms with E-state index in [1.807, 2.05) is 79.8 Å². The van der Waals surface area contributed by atoms with Crippen LogP contribution in [-0.2, 0) is 25.6 Å². The van der Waals surface area contributed by atoms with Crippen molar-refractivity contribution in [3.05, 3.63) is 106 Å². The molecule has 5 rings (SSSR count). The molecule has 4 N–H and O–H groups in total. The first-order valence-corrected chi connectivity index (χ1v) is 20.2. The lowest BCUT2D eigenvalue weighted by Crippen LogP contribution is -2.42. The Morgan fingerprint density at radius 3 is 2.14 bits per heavy atom. The fourth-order valence-corrected chi connectivity index (χ4v) is 8.12. The molecule has 1 aliphatic heterocycles. The third kappa shape index (κ3) is 11.6. The Kier molecular flexibility index (Phi) is 16.0. The number of carboxylic acid groups (broad SMARTS) is 3. The van der Waals surface area contributed by atoms with Gasteiger partial charge in [0.25, 0.3) is 5.91 Å². The first-order chi connectivity index (χ1) is 26.5.